The predicted octanol–water partition coefficient (Wildman–Crippen LogP) is 3.45. The Morgan fingerprint density at radius 2 is 2.03 bits per heavy atom. The average molecular weight is 426 g/mol. The largest absolute Gasteiger partial charge is 0.496 e. The summed E-state index contributed by atoms with van der Waals surface area (Å²) >= 11 is 0. The summed E-state index contributed by atoms with van der Waals surface area (Å²) in [6.07, 6.45) is 6.58. The highest BCUT2D eigenvalue weighted by molar-refractivity contribution is 5.82. The second-order valence-corrected chi connectivity index (χ2v) is 7.63. The number of para-hydroxylation sites is 1. The number of rotatable bonds is 6. The van der Waals surface area contributed by atoms with Crippen LogP contribution in [0.5, 0.6) is 5.75 Å². The van der Waals surface area contributed by atoms with Gasteiger partial charge in [0, 0.05) is 37.0 Å². The lowest BCUT2D eigenvalue weighted by molar-refractivity contribution is -0.122. The van der Waals surface area contributed by atoms with Crippen LogP contribution in [-0.4, -0.2) is 62.1 Å². The number of benzene rings is 1. The summed E-state index contributed by atoms with van der Waals surface area (Å²) in [5.41, 5.74) is 5.23. The van der Waals surface area contributed by atoms with Gasteiger partial charge in [0.25, 0.3) is 6.47 Å². The Balaban J connectivity index is 0.000000858. The molecule has 1 fully saturated rings. The van der Waals surface area contributed by atoms with E-state index in [-0.39, 0.29) is 6.47 Å². The summed E-state index contributed by atoms with van der Waals surface area (Å²) < 4.78 is 9.81. The first-order valence-electron chi connectivity index (χ1n) is 10.5. The first-order valence-corrected chi connectivity index (χ1v) is 10.5. The molecule has 8 nitrogen and oxygen atoms in total. The maximum atomic E-state index is 8.36. The monoisotopic (exact) mass is 425 g/mol. The van der Waals surface area contributed by atoms with Crippen molar-refractivity contribution in [3.8, 4) is 28.3 Å². The maximum Gasteiger partial charge on any atom is 0.290 e. The third-order valence-corrected chi connectivity index (χ3v) is 5.78. The van der Waals surface area contributed by atoms with Crippen molar-refractivity contribution in [2.75, 3.05) is 20.2 Å². The van der Waals surface area contributed by atoms with Crippen molar-refractivity contribution in [2.24, 2.45) is 7.05 Å². The van der Waals surface area contributed by atoms with Crippen molar-refractivity contribution in [2.45, 2.75) is 39.3 Å². The van der Waals surface area contributed by atoms with Crippen molar-refractivity contribution in [1.82, 2.24) is 24.2 Å². The van der Waals surface area contributed by atoms with Crippen LogP contribution in [0.25, 0.3) is 22.5 Å². The fraction of sp³-hybridized carbons (Fsp3) is 0.435. The predicted molar refractivity (Wildman–Crippen MR) is 120 cm³/mol. The molecule has 1 unspecified atom stereocenters. The van der Waals surface area contributed by atoms with E-state index in [0.717, 1.165) is 47.0 Å². The second-order valence-electron chi connectivity index (χ2n) is 7.63. The van der Waals surface area contributed by atoms with E-state index in [1.165, 1.54) is 19.4 Å². The number of hydrogen-bond acceptors (Lipinski definition) is 5. The number of carboxylic acid groups (broad SMARTS) is 1. The van der Waals surface area contributed by atoms with Gasteiger partial charge in [0.15, 0.2) is 0 Å². The molecule has 0 saturated carbocycles. The van der Waals surface area contributed by atoms with E-state index >= 15 is 0 Å². The van der Waals surface area contributed by atoms with E-state index in [4.69, 9.17) is 19.6 Å². The van der Waals surface area contributed by atoms with Gasteiger partial charge in [-0.1, -0.05) is 19.1 Å². The van der Waals surface area contributed by atoms with Crippen LogP contribution in [0.3, 0.4) is 0 Å². The van der Waals surface area contributed by atoms with Crippen molar-refractivity contribution in [1.29, 1.82) is 0 Å². The maximum absolute atomic E-state index is 8.36. The molecule has 1 atom stereocenters. The molecule has 0 spiro atoms. The number of carbonyl (C=O) groups is 1. The third kappa shape index (κ3) is 4.80. The topological polar surface area (TPSA) is 85.4 Å². The number of ether oxygens (including phenoxy) is 1. The highest BCUT2D eigenvalue weighted by atomic mass is 16.5. The lowest BCUT2D eigenvalue weighted by atomic mass is 10.0. The molecule has 2 aromatic heterocycles. The fourth-order valence-corrected chi connectivity index (χ4v) is 4.42. The van der Waals surface area contributed by atoms with Crippen LogP contribution >= 0.6 is 0 Å². The van der Waals surface area contributed by atoms with E-state index in [1.54, 1.807) is 7.11 Å². The Kier molecular flexibility index (Phi) is 7.46. The lowest BCUT2D eigenvalue weighted by Gasteiger charge is -2.24. The quantitative estimate of drug-likeness (QED) is 0.609. The van der Waals surface area contributed by atoms with E-state index in [2.05, 4.69) is 40.7 Å². The Bertz CT molecular complexity index is 1010. The molecule has 3 aromatic rings. The van der Waals surface area contributed by atoms with Gasteiger partial charge in [-0.3, -0.25) is 14.4 Å². The molecule has 0 radical (unpaired) electrons. The Morgan fingerprint density at radius 1 is 1.29 bits per heavy atom. The molecule has 1 aliphatic heterocycles. The minimum Gasteiger partial charge on any atom is -0.496 e. The molecule has 1 aromatic carbocycles. The zero-order valence-electron chi connectivity index (χ0n) is 18.7. The number of methoxy groups -OCH3 is 1. The van der Waals surface area contributed by atoms with Crippen LogP contribution in [0.2, 0.25) is 0 Å². The minimum absolute atomic E-state index is 0.250. The van der Waals surface area contributed by atoms with Crippen molar-refractivity contribution >= 4 is 6.47 Å². The first kappa shape index (κ1) is 22.6. The van der Waals surface area contributed by atoms with E-state index in [1.807, 2.05) is 36.3 Å². The van der Waals surface area contributed by atoms with E-state index in [0.29, 0.717) is 6.04 Å². The Labute approximate surface area is 183 Å². The first-order chi connectivity index (χ1) is 15.0. The number of aromatic nitrogens is 4. The van der Waals surface area contributed by atoms with Gasteiger partial charge in [-0.2, -0.15) is 5.10 Å². The highest BCUT2D eigenvalue weighted by Crippen LogP contribution is 2.37. The van der Waals surface area contributed by atoms with Gasteiger partial charge < -0.3 is 14.4 Å². The molecule has 0 amide bonds. The van der Waals surface area contributed by atoms with Crippen LogP contribution in [0.4, 0.5) is 0 Å². The number of hydrogen-bond donors (Lipinski definition) is 1. The molecule has 8 heteroatoms. The number of nitrogens with zero attached hydrogens (tertiary/aromatic N) is 5. The molecule has 3 heterocycles. The molecule has 0 aliphatic carbocycles. The zero-order chi connectivity index (χ0) is 22.4. The molecular formula is C23H31N5O3. The van der Waals surface area contributed by atoms with Crippen LogP contribution in [0.1, 0.15) is 25.5 Å². The molecule has 166 valence electrons. The van der Waals surface area contributed by atoms with Gasteiger partial charge in [-0.25, -0.2) is 4.98 Å². The molecule has 31 heavy (non-hydrogen) atoms. The van der Waals surface area contributed by atoms with Gasteiger partial charge in [0.2, 0.25) is 0 Å². The number of likely N-dealkylation sites (tertiary alicyclic amines) is 1. The smallest absolute Gasteiger partial charge is 0.290 e. The highest BCUT2D eigenvalue weighted by Gasteiger charge is 2.27. The van der Waals surface area contributed by atoms with E-state index in [9.17, 15) is 0 Å². The standard InChI is InChI=1S/C22H29N5O.CH2O2/c1-5-26-12-8-9-17(26)13-27-15-23-21(18-10-6-7-11-20(18)28-4)22(27)19-14-25(3)24-16(19)2;2-1-3/h6-7,10-11,14-15,17H,5,8-9,12-13H2,1-4H3;1H,(H,2,3). The van der Waals surface area contributed by atoms with Crippen LogP contribution in [0, 0.1) is 6.92 Å². The summed E-state index contributed by atoms with van der Waals surface area (Å²) in [4.78, 5) is 15.8. The van der Waals surface area contributed by atoms with Crippen LogP contribution in [-0.2, 0) is 18.4 Å². The minimum atomic E-state index is -0.250. The third-order valence-electron chi connectivity index (χ3n) is 5.78. The molecule has 1 aliphatic rings. The SMILES string of the molecule is CCN1CCCC1Cn1cnc(-c2ccccc2OC)c1-c1cn(C)nc1C.O=CO. The van der Waals surface area contributed by atoms with Crippen LogP contribution < -0.4 is 4.74 Å². The van der Waals surface area contributed by atoms with Crippen molar-refractivity contribution < 1.29 is 14.6 Å². The zero-order valence-corrected chi connectivity index (χ0v) is 18.7. The summed E-state index contributed by atoms with van der Waals surface area (Å²) in [5.74, 6) is 0.839. The molecule has 1 saturated heterocycles. The summed E-state index contributed by atoms with van der Waals surface area (Å²) in [6, 6.07) is 8.65. The summed E-state index contributed by atoms with van der Waals surface area (Å²) in [5, 5.41) is 11.5. The molecule has 1 N–H and O–H groups in total. The molecular weight excluding hydrogens is 394 g/mol. The summed E-state index contributed by atoms with van der Waals surface area (Å²) in [6.45, 7) is 7.29. The van der Waals surface area contributed by atoms with E-state index < -0.39 is 0 Å². The van der Waals surface area contributed by atoms with Crippen LogP contribution in [0.15, 0.2) is 36.8 Å². The lowest BCUT2D eigenvalue weighted by Crippen LogP contribution is -2.32. The second kappa shape index (κ2) is 10.3. The average Bonchev–Trinajstić information content (AvgIpc) is 3.47. The molecule has 0 bridgehead atoms. The Hall–Kier alpha value is -3.13. The summed E-state index contributed by atoms with van der Waals surface area (Å²) in [7, 11) is 3.68. The molecule has 4 rings (SSSR count). The van der Waals surface area contributed by atoms with Crippen molar-refractivity contribution in [3.05, 3.63) is 42.5 Å². The van der Waals surface area contributed by atoms with Gasteiger partial charge >= 0.3 is 0 Å². The number of likely N-dealkylation sites (N-methyl/N-ethyl adjacent to an activating group) is 1. The van der Waals surface area contributed by atoms with Gasteiger partial charge in [0.05, 0.1) is 24.8 Å². The van der Waals surface area contributed by atoms with Gasteiger partial charge in [-0.15, -0.1) is 0 Å². The van der Waals surface area contributed by atoms with Crippen molar-refractivity contribution in [3.63, 3.8) is 0 Å². The number of aryl methyl sites for hydroxylation is 2. The van der Waals surface area contributed by atoms with Gasteiger partial charge in [0.1, 0.15) is 11.4 Å². The fourth-order valence-electron chi connectivity index (χ4n) is 4.42. The Morgan fingerprint density at radius 3 is 2.68 bits per heavy atom. The van der Waals surface area contributed by atoms with Gasteiger partial charge in [-0.05, 0) is 45.0 Å². The number of imidazole rings is 1. The normalized spacial score (nSPS) is 16.1.